The lowest BCUT2D eigenvalue weighted by atomic mass is 10.0. The molecule has 0 radical (unpaired) electrons. The van der Waals surface area contributed by atoms with E-state index in [1.54, 1.807) is 6.08 Å². The topological polar surface area (TPSA) is 94.8 Å². The molecule has 5 nitrogen and oxygen atoms in total. The first-order valence-corrected chi connectivity index (χ1v) is 9.20. The third-order valence-corrected chi connectivity index (χ3v) is 4.69. The van der Waals surface area contributed by atoms with Gasteiger partial charge >= 0.3 is 5.97 Å². The van der Waals surface area contributed by atoms with Gasteiger partial charge < -0.3 is 15.3 Å². The molecular formula is C18H26O5S. The number of ketones is 1. The summed E-state index contributed by atoms with van der Waals surface area (Å²) in [6, 6.07) is 1.82. The number of carbonyl (C=O) groups excluding carboxylic acids is 1. The standard InChI is InChI=1S/C18H26O5S/c1-2-3-4-6-16(21)18-13(11-12-24-18)9-10-15(20)14(19)7-5-8-17(22)23/h9-12,14-15,19-20H,2-8H2,1H3,(H,22,23)/b10-9+/t14-,15+/m0/s1. The van der Waals surface area contributed by atoms with Crippen molar-refractivity contribution in [3.63, 3.8) is 0 Å². The third kappa shape index (κ3) is 7.38. The fourth-order valence-corrected chi connectivity index (χ4v) is 3.15. The SMILES string of the molecule is CCCCCC(=O)c1sccc1/C=C/[C@@H](O)[C@@H](O)CCCC(=O)O. The number of carbonyl (C=O) groups is 2. The van der Waals surface area contributed by atoms with Crippen molar-refractivity contribution in [2.24, 2.45) is 0 Å². The number of aliphatic carboxylic acids is 1. The van der Waals surface area contributed by atoms with Gasteiger partial charge in [0.25, 0.3) is 0 Å². The molecule has 0 fully saturated rings. The Morgan fingerprint density at radius 3 is 2.62 bits per heavy atom. The summed E-state index contributed by atoms with van der Waals surface area (Å²) in [5.74, 6) is -0.814. The zero-order chi connectivity index (χ0) is 17.9. The quantitative estimate of drug-likeness (QED) is 0.394. The molecule has 24 heavy (non-hydrogen) atoms. The monoisotopic (exact) mass is 354 g/mol. The number of hydrogen-bond acceptors (Lipinski definition) is 5. The molecule has 0 saturated carbocycles. The van der Waals surface area contributed by atoms with Crippen LogP contribution in [-0.4, -0.2) is 39.3 Å². The van der Waals surface area contributed by atoms with Crippen LogP contribution in [0.4, 0.5) is 0 Å². The summed E-state index contributed by atoms with van der Waals surface area (Å²) in [6.45, 7) is 2.09. The average Bonchev–Trinajstić information content (AvgIpc) is 3.00. The van der Waals surface area contributed by atoms with Crippen LogP contribution < -0.4 is 0 Å². The molecule has 1 heterocycles. The maximum absolute atomic E-state index is 12.2. The predicted octanol–water partition coefficient (Wildman–Crippen LogP) is 3.50. The van der Waals surface area contributed by atoms with Gasteiger partial charge in [-0.3, -0.25) is 9.59 Å². The zero-order valence-electron chi connectivity index (χ0n) is 14.0. The van der Waals surface area contributed by atoms with Crippen molar-refractivity contribution in [2.45, 2.75) is 64.1 Å². The minimum atomic E-state index is -1.08. The molecule has 0 spiro atoms. The van der Waals surface area contributed by atoms with E-state index in [4.69, 9.17) is 5.11 Å². The van der Waals surface area contributed by atoms with Crippen LogP contribution in [0.3, 0.4) is 0 Å². The average molecular weight is 354 g/mol. The Morgan fingerprint density at radius 2 is 1.96 bits per heavy atom. The number of aliphatic hydroxyl groups is 2. The Kier molecular flexibility index (Phi) is 9.52. The maximum Gasteiger partial charge on any atom is 0.303 e. The van der Waals surface area contributed by atoms with Crippen molar-refractivity contribution in [2.75, 3.05) is 0 Å². The van der Waals surface area contributed by atoms with Crippen LogP contribution in [0, 0.1) is 0 Å². The summed E-state index contributed by atoms with van der Waals surface area (Å²) in [5.41, 5.74) is 0.748. The smallest absolute Gasteiger partial charge is 0.303 e. The molecule has 0 aliphatic carbocycles. The van der Waals surface area contributed by atoms with Crippen LogP contribution in [0.15, 0.2) is 17.5 Å². The number of rotatable bonds is 12. The summed E-state index contributed by atoms with van der Waals surface area (Å²) in [5, 5.41) is 30.1. The highest BCUT2D eigenvalue weighted by molar-refractivity contribution is 7.12. The van der Waals surface area contributed by atoms with E-state index in [2.05, 4.69) is 6.92 Å². The van der Waals surface area contributed by atoms with E-state index in [1.807, 2.05) is 11.4 Å². The fraction of sp³-hybridized carbons (Fsp3) is 0.556. The lowest BCUT2D eigenvalue weighted by molar-refractivity contribution is -0.137. The first kappa shape index (κ1) is 20.5. The van der Waals surface area contributed by atoms with E-state index in [0.29, 0.717) is 17.7 Å². The minimum absolute atomic E-state index is 0.0333. The second-order valence-electron chi connectivity index (χ2n) is 5.79. The van der Waals surface area contributed by atoms with Crippen LogP contribution in [0.5, 0.6) is 0 Å². The van der Waals surface area contributed by atoms with E-state index in [0.717, 1.165) is 24.8 Å². The van der Waals surface area contributed by atoms with Gasteiger partial charge in [0.15, 0.2) is 5.78 Å². The Morgan fingerprint density at radius 1 is 1.21 bits per heavy atom. The van der Waals surface area contributed by atoms with Crippen molar-refractivity contribution in [3.8, 4) is 0 Å². The van der Waals surface area contributed by atoms with Crippen LogP contribution in [0.2, 0.25) is 0 Å². The van der Waals surface area contributed by atoms with Crippen LogP contribution in [-0.2, 0) is 4.79 Å². The molecule has 0 unspecified atom stereocenters. The van der Waals surface area contributed by atoms with E-state index in [-0.39, 0.29) is 18.6 Å². The van der Waals surface area contributed by atoms with Gasteiger partial charge in [0.1, 0.15) is 0 Å². The minimum Gasteiger partial charge on any atom is -0.481 e. The van der Waals surface area contributed by atoms with E-state index in [1.165, 1.54) is 17.4 Å². The highest BCUT2D eigenvalue weighted by Crippen LogP contribution is 2.22. The fourth-order valence-electron chi connectivity index (χ4n) is 2.29. The molecule has 2 atom stereocenters. The van der Waals surface area contributed by atoms with Crippen molar-refractivity contribution in [1.82, 2.24) is 0 Å². The highest BCUT2D eigenvalue weighted by atomic mass is 32.1. The van der Waals surface area contributed by atoms with Gasteiger partial charge in [0.2, 0.25) is 0 Å². The summed E-state index contributed by atoms with van der Waals surface area (Å²) in [4.78, 5) is 23.3. The van der Waals surface area contributed by atoms with Gasteiger partial charge in [0, 0.05) is 12.8 Å². The van der Waals surface area contributed by atoms with Crippen LogP contribution >= 0.6 is 11.3 Å². The molecule has 0 amide bonds. The highest BCUT2D eigenvalue weighted by Gasteiger charge is 2.15. The summed E-state index contributed by atoms with van der Waals surface area (Å²) in [7, 11) is 0. The van der Waals surface area contributed by atoms with Crippen LogP contribution in [0.1, 0.15) is 67.1 Å². The predicted molar refractivity (Wildman–Crippen MR) is 95.3 cm³/mol. The normalized spacial score (nSPS) is 14.0. The second kappa shape index (κ2) is 11.1. The number of thiophene rings is 1. The molecule has 1 rings (SSSR count). The molecule has 0 bridgehead atoms. The first-order chi connectivity index (χ1) is 11.5. The van der Waals surface area contributed by atoms with Crippen molar-refractivity contribution in [3.05, 3.63) is 28.0 Å². The summed E-state index contributed by atoms with van der Waals surface area (Å²) < 4.78 is 0. The number of unbranched alkanes of at least 4 members (excludes halogenated alkanes) is 2. The van der Waals surface area contributed by atoms with Gasteiger partial charge in [-0.1, -0.05) is 31.9 Å². The molecule has 1 aromatic heterocycles. The Hall–Kier alpha value is -1.50. The largest absolute Gasteiger partial charge is 0.481 e. The number of Topliss-reactive ketones (excluding diaryl/α,β-unsaturated/α-hetero) is 1. The zero-order valence-corrected chi connectivity index (χ0v) is 14.8. The lowest BCUT2D eigenvalue weighted by Gasteiger charge is -2.13. The number of aliphatic hydroxyl groups excluding tert-OH is 2. The van der Waals surface area contributed by atoms with Gasteiger partial charge in [-0.15, -0.1) is 11.3 Å². The molecule has 0 saturated heterocycles. The molecule has 3 N–H and O–H groups in total. The first-order valence-electron chi connectivity index (χ1n) is 8.32. The Balaban J connectivity index is 2.56. The molecule has 0 aromatic carbocycles. The second-order valence-corrected chi connectivity index (χ2v) is 6.70. The molecule has 0 aliphatic heterocycles. The molecule has 1 aromatic rings. The van der Waals surface area contributed by atoms with Crippen molar-refractivity contribution < 1.29 is 24.9 Å². The lowest BCUT2D eigenvalue weighted by Crippen LogP contribution is -2.23. The molecule has 134 valence electrons. The Labute approximate surface area is 146 Å². The van der Waals surface area contributed by atoms with Crippen LogP contribution in [0.25, 0.3) is 6.08 Å². The van der Waals surface area contributed by atoms with E-state index >= 15 is 0 Å². The number of carboxylic acid groups (broad SMARTS) is 1. The van der Waals surface area contributed by atoms with Crippen molar-refractivity contribution >= 4 is 29.2 Å². The molecule has 0 aliphatic rings. The molecular weight excluding hydrogens is 328 g/mol. The van der Waals surface area contributed by atoms with E-state index in [9.17, 15) is 19.8 Å². The summed E-state index contributed by atoms with van der Waals surface area (Å²) >= 11 is 1.38. The summed E-state index contributed by atoms with van der Waals surface area (Å²) in [6.07, 6.45) is 4.99. The van der Waals surface area contributed by atoms with Gasteiger partial charge in [0.05, 0.1) is 17.1 Å². The number of carboxylic acids is 1. The third-order valence-electron chi connectivity index (χ3n) is 3.71. The Bertz CT molecular complexity index is 549. The maximum atomic E-state index is 12.2. The van der Waals surface area contributed by atoms with Gasteiger partial charge in [-0.05, 0) is 36.3 Å². The van der Waals surface area contributed by atoms with Gasteiger partial charge in [-0.25, -0.2) is 0 Å². The van der Waals surface area contributed by atoms with Gasteiger partial charge in [-0.2, -0.15) is 0 Å². The van der Waals surface area contributed by atoms with Crippen molar-refractivity contribution in [1.29, 1.82) is 0 Å². The van der Waals surface area contributed by atoms with E-state index < -0.39 is 18.2 Å². The number of hydrogen-bond donors (Lipinski definition) is 3. The molecule has 6 heteroatoms.